The molecule has 0 aromatic carbocycles. The summed E-state index contributed by atoms with van der Waals surface area (Å²) in [7, 11) is 0. The topological polar surface area (TPSA) is 72.1 Å². The van der Waals surface area contributed by atoms with E-state index in [4.69, 9.17) is 5.73 Å². The Morgan fingerprint density at radius 1 is 1.44 bits per heavy atom. The number of carbonyl (C=O) groups excluding carboxylic acids is 1. The predicted molar refractivity (Wildman–Crippen MR) is 74.7 cm³/mol. The van der Waals surface area contributed by atoms with Crippen molar-refractivity contribution in [3.63, 3.8) is 0 Å². The number of piperidine rings is 1. The summed E-state index contributed by atoms with van der Waals surface area (Å²) in [5, 5.41) is 8.09. The predicted octanol–water partition coefficient (Wildman–Crippen LogP) is 2.00. The fraction of sp³-hybridized carbons (Fsp3) is 0.727. The summed E-state index contributed by atoms with van der Waals surface area (Å²) in [6.45, 7) is 4.25. The van der Waals surface area contributed by atoms with Gasteiger partial charge in [0, 0.05) is 12.1 Å². The molecule has 1 aliphatic rings. The van der Waals surface area contributed by atoms with Crippen LogP contribution in [0.3, 0.4) is 0 Å². The summed E-state index contributed by atoms with van der Waals surface area (Å²) in [5.41, 5.74) is 5.51. The summed E-state index contributed by atoms with van der Waals surface area (Å²) < 4.78 is 0.762. The van der Waals surface area contributed by atoms with Gasteiger partial charge in [-0.3, -0.25) is 4.79 Å². The average Bonchev–Trinajstić information content (AvgIpc) is 2.72. The van der Waals surface area contributed by atoms with Crippen LogP contribution in [0.25, 0.3) is 0 Å². The number of amides is 1. The average molecular weight is 286 g/mol. The Morgan fingerprint density at radius 2 is 2.11 bits per heavy atom. The highest BCUT2D eigenvalue weighted by molar-refractivity contribution is 8.01. The lowest BCUT2D eigenvalue weighted by Gasteiger charge is -2.39. The van der Waals surface area contributed by atoms with Crippen LogP contribution >= 0.6 is 23.1 Å². The van der Waals surface area contributed by atoms with Crippen molar-refractivity contribution < 1.29 is 4.79 Å². The molecule has 1 amide bonds. The van der Waals surface area contributed by atoms with E-state index < -0.39 is 0 Å². The molecule has 18 heavy (non-hydrogen) atoms. The van der Waals surface area contributed by atoms with E-state index in [9.17, 15) is 4.79 Å². The molecule has 5 nitrogen and oxygen atoms in total. The van der Waals surface area contributed by atoms with Gasteiger partial charge in [-0.25, -0.2) is 0 Å². The second-order valence-corrected chi connectivity index (χ2v) is 6.86. The standard InChI is InChI=1S/C11H18N4OS2/c1-7-4-3-5-8(2)15(7)9(16)6-17-11-14-13-10(12)18-11/h7-8H,3-6H2,1-2H3,(H2,12,13). The van der Waals surface area contributed by atoms with E-state index in [0.717, 1.165) is 17.2 Å². The van der Waals surface area contributed by atoms with Gasteiger partial charge >= 0.3 is 0 Å². The SMILES string of the molecule is CC1CCCC(C)N1C(=O)CSc1nnc(N)s1. The minimum Gasteiger partial charge on any atom is -0.374 e. The van der Waals surface area contributed by atoms with Gasteiger partial charge in [0.05, 0.1) is 5.75 Å². The second-order valence-electron chi connectivity index (χ2n) is 4.62. The number of aromatic nitrogens is 2. The molecule has 0 bridgehead atoms. The number of thioether (sulfide) groups is 1. The number of carbonyl (C=O) groups is 1. The molecule has 1 aromatic rings. The van der Waals surface area contributed by atoms with Crippen molar-refractivity contribution in [2.75, 3.05) is 11.5 Å². The lowest BCUT2D eigenvalue weighted by atomic mass is 9.98. The van der Waals surface area contributed by atoms with Crippen LogP contribution in [-0.4, -0.2) is 38.8 Å². The molecule has 7 heteroatoms. The highest BCUT2D eigenvalue weighted by Gasteiger charge is 2.28. The number of nitrogens with zero attached hydrogens (tertiary/aromatic N) is 3. The first-order chi connectivity index (χ1) is 8.58. The van der Waals surface area contributed by atoms with Gasteiger partial charge in [0.2, 0.25) is 11.0 Å². The van der Waals surface area contributed by atoms with Gasteiger partial charge < -0.3 is 10.6 Å². The normalized spacial score (nSPS) is 24.2. The third-order valence-electron chi connectivity index (χ3n) is 3.22. The molecule has 0 aliphatic carbocycles. The van der Waals surface area contributed by atoms with Crippen LogP contribution in [-0.2, 0) is 4.79 Å². The van der Waals surface area contributed by atoms with E-state index >= 15 is 0 Å². The summed E-state index contributed by atoms with van der Waals surface area (Å²) in [5.74, 6) is 0.608. The van der Waals surface area contributed by atoms with Crippen LogP contribution in [0.5, 0.6) is 0 Å². The van der Waals surface area contributed by atoms with Crippen molar-refractivity contribution in [2.24, 2.45) is 0 Å². The van der Waals surface area contributed by atoms with Gasteiger partial charge in [0.1, 0.15) is 0 Å². The van der Waals surface area contributed by atoms with Gasteiger partial charge in [0.25, 0.3) is 0 Å². The maximum absolute atomic E-state index is 12.2. The molecule has 0 spiro atoms. The Hall–Kier alpha value is -0.820. The molecule has 1 saturated heterocycles. The van der Waals surface area contributed by atoms with Crippen molar-refractivity contribution in [3.8, 4) is 0 Å². The Bertz CT molecular complexity index is 413. The van der Waals surface area contributed by atoms with Crippen LogP contribution in [0.2, 0.25) is 0 Å². The molecule has 0 radical (unpaired) electrons. The Morgan fingerprint density at radius 3 is 2.67 bits per heavy atom. The fourth-order valence-corrected chi connectivity index (χ4v) is 3.90. The van der Waals surface area contributed by atoms with Crippen molar-refractivity contribution in [3.05, 3.63) is 0 Å². The maximum atomic E-state index is 12.2. The molecular weight excluding hydrogens is 268 g/mol. The van der Waals surface area contributed by atoms with Crippen LogP contribution in [0.15, 0.2) is 4.34 Å². The van der Waals surface area contributed by atoms with Crippen molar-refractivity contribution in [1.82, 2.24) is 15.1 Å². The molecular formula is C11H18N4OS2. The maximum Gasteiger partial charge on any atom is 0.233 e. The molecule has 2 N–H and O–H groups in total. The molecule has 100 valence electrons. The largest absolute Gasteiger partial charge is 0.374 e. The minimum atomic E-state index is 0.188. The van der Waals surface area contributed by atoms with Crippen molar-refractivity contribution in [1.29, 1.82) is 0 Å². The van der Waals surface area contributed by atoms with E-state index in [1.807, 2.05) is 4.90 Å². The zero-order valence-corrected chi connectivity index (χ0v) is 12.3. The van der Waals surface area contributed by atoms with Gasteiger partial charge in [-0.15, -0.1) is 10.2 Å². The molecule has 0 saturated carbocycles. The number of rotatable bonds is 3. The second kappa shape index (κ2) is 5.88. The number of nitrogen functional groups attached to an aromatic ring is 1. The van der Waals surface area contributed by atoms with Crippen LogP contribution in [0.4, 0.5) is 5.13 Å². The van der Waals surface area contributed by atoms with Crippen LogP contribution in [0.1, 0.15) is 33.1 Å². The number of nitrogens with two attached hydrogens (primary N) is 1. The summed E-state index contributed by atoms with van der Waals surface area (Å²) >= 11 is 2.75. The van der Waals surface area contributed by atoms with Gasteiger partial charge in [-0.05, 0) is 33.1 Å². The van der Waals surface area contributed by atoms with E-state index in [2.05, 4.69) is 24.0 Å². The Labute approximate surface area is 115 Å². The zero-order valence-electron chi connectivity index (χ0n) is 10.6. The highest BCUT2D eigenvalue weighted by Crippen LogP contribution is 2.27. The smallest absolute Gasteiger partial charge is 0.233 e. The lowest BCUT2D eigenvalue weighted by Crippen LogP contribution is -2.48. The number of anilines is 1. The molecule has 2 unspecified atom stereocenters. The van der Waals surface area contributed by atoms with Crippen LogP contribution in [0, 0.1) is 0 Å². The lowest BCUT2D eigenvalue weighted by molar-refractivity contribution is -0.134. The van der Waals surface area contributed by atoms with Gasteiger partial charge in [-0.2, -0.15) is 0 Å². The summed E-state index contributed by atoms with van der Waals surface area (Å²) in [4.78, 5) is 14.2. The van der Waals surface area contributed by atoms with Gasteiger partial charge in [-0.1, -0.05) is 23.1 Å². The molecule has 1 fully saturated rings. The van der Waals surface area contributed by atoms with E-state index in [1.54, 1.807) is 0 Å². The monoisotopic (exact) mass is 286 g/mol. The Kier molecular flexibility index (Phi) is 4.45. The highest BCUT2D eigenvalue weighted by atomic mass is 32.2. The molecule has 1 aliphatic heterocycles. The third-order valence-corrected chi connectivity index (χ3v) is 5.09. The fourth-order valence-electron chi connectivity index (χ4n) is 2.39. The van der Waals surface area contributed by atoms with E-state index in [0.29, 0.717) is 23.0 Å². The molecule has 1 aromatic heterocycles. The van der Waals surface area contributed by atoms with Crippen LogP contribution < -0.4 is 5.73 Å². The van der Waals surface area contributed by atoms with E-state index in [-0.39, 0.29) is 5.91 Å². The third kappa shape index (κ3) is 3.14. The summed E-state index contributed by atoms with van der Waals surface area (Å²) in [6.07, 6.45) is 3.42. The first kappa shape index (κ1) is 13.6. The van der Waals surface area contributed by atoms with E-state index in [1.165, 1.54) is 29.5 Å². The number of hydrogen-bond donors (Lipinski definition) is 1. The molecule has 2 heterocycles. The Balaban J connectivity index is 1.90. The first-order valence-electron chi connectivity index (χ1n) is 6.11. The summed E-state index contributed by atoms with van der Waals surface area (Å²) in [6, 6.07) is 0.697. The van der Waals surface area contributed by atoms with Crippen molar-refractivity contribution >= 4 is 34.1 Å². The molecule has 2 rings (SSSR count). The quantitative estimate of drug-likeness (QED) is 0.860. The first-order valence-corrected chi connectivity index (χ1v) is 7.91. The zero-order chi connectivity index (χ0) is 13.1. The van der Waals surface area contributed by atoms with Gasteiger partial charge in [0.15, 0.2) is 4.34 Å². The van der Waals surface area contributed by atoms with Crippen molar-refractivity contribution in [2.45, 2.75) is 49.5 Å². The number of likely N-dealkylation sites (tertiary alicyclic amines) is 1. The molecule has 2 atom stereocenters. The number of hydrogen-bond acceptors (Lipinski definition) is 6. The minimum absolute atomic E-state index is 0.188.